The van der Waals surface area contributed by atoms with Crippen molar-refractivity contribution in [2.45, 2.75) is 44.7 Å². The van der Waals surface area contributed by atoms with Gasteiger partial charge in [-0.25, -0.2) is 0 Å². The molecule has 1 saturated heterocycles. The summed E-state index contributed by atoms with van der Waals surface area (Å²) in [6, 6.07) is 10.7. The molecule has 19 heavy (non-hydrogen) atoms. The molecule has 0 saturated carbocycles. The fourth-order valence-electron chi connectivity index (χ4n) is 2.74. The first-order chi connectivity index (χ1) is 8.58. The normalized spacial score (nSPS) is 23.8. The lowest BCUT2D eigenvalue weighted by Crippen LogP contribution is -2.37. The Balaban J connectivity index is 0.00000180. The predicted octanol–water partition coefficient (Wildman–Crippen LogP) is 2.55. The number of rotatable bonds is 3. The molecule has 3 atom stereocenters. The van der Waals surface area contributed by atoms with Gasteiger partial charge in [0.2, 0.25) is 5.91 Å². The molecule has 1 aliphatic rings. The second kappa shape index (κ2) is 6.92. The Labute approximate surface area is 121 Å². The lowest BCUT2D eigenvalue weighted by Gasteiger charge is -2.22. The zero-order valence-corrected chi connectivity index (χ0v) is 12.4. The van der Waals surface area contributed by atoms with Crippen molar-refractivity contribution in [2.75, 3.05) is 6.54 Å². The van der Waals surface area contributed by atoms with Crippen LogP contribution in [-0.4, -0.2) is 29.4 Å². The molecule has 0 aromatic heterocycles. The van der Waals surface area contributed by atoms with E-state index in [1.807, 2.05) is 17.9 Å². The first-order valence-corrected chi connectivity index (χ1v) is 6.68. The highest BCUT2D eigenvalue weighted by Gasteiger charge is 2.32. The van der Waals surface area contributed by atoms with Crippen molar-refractivity contribution in [3.05, 3.63) is 35.9 Å². The van der Waals surface area contributed by atoms with Crippen molar-refractivity contribution in [1.82, 2.24) is 4.90 Å². The smallest absolute Gasteiger partial charge is 0.224 e. The molecule has 106 valence electrons. The summed E-state index contributed by atoms with van der Waals surface area (Å²) in [5, 5.41) is 0. The van der Waals surface area contributed by atoms with Gasteiger partial charge in [0.25, 0.3) is 0 Å². The Kier molecular flexibility index (Phi) is 5.83. The molecule has 3 nitrogen and oxygen atoms in total. The van der Waals surface area contributed by atoms with Crippen LogP contribution < -0.4 is 5.73 Å². The SMILES string of the molecule is CC(N)CC(=O)N1CC(c2ccccc2)CC1C.Cl. The van der Waals surface area contributed by atoms with Gasteiger partial charge in [0.15, 0.2) is 0 Å². The van der Waals surface area contributed by atoms with E-state index in [4.69, 9.17) is 5.73 Å². The average Bonchev–Trinajstić information content (AvgIpc) is 2.72. The minimum Gasteiger partial charge on any atom is -0.339 e. The van der Waals surface area contributed by atoms with E-state index in [0.717, 1.165) is 13.0 Å². The second-order valence-electron chi connectivity index (χ2n) is 5.42. The van der Waals surface area contributed by atoms with Gasteiger partial charge in [-0.05, 0) is 25.8 Å². The fraction of sp³-hybridized carbons (Fsp3) is 0.533. The Morgan fingerprint density at radius 1 is 1.42 bits per heavy atom. The van der Waals surface area contributed by atoms with Crippen molar-refractivity contribution in [2.24, 2.45) is 5.73 Å². The van der Waals surface area contributed by atoms with Gasteiger partial charge in [0.05, 0.1) is 0 Å². The van der Waals surface area contributed by atoms with E-state index in [2.05, 4.69) is 31.2 Å². The number of nitrogens with zero attached hydrogens (tertiary/aromatic N) is 1. The molecule has 0 aliphatic carbocycles. The topological polar surface area (TPSA) is 46.3 Å². The molecule has 2 rings (SSSR count). The molecular formula is C15H23ClN2O. The summed E-state index contributed by atoms with van der Waals surface area (Å²) < 4.78 is 0. The minimum absolute atomic E-state index is 0. The number of carbonyl (C=O) groups is 1. The number of hydrogen-bond donors (Lipinski definition) is 1. The van der Waals surface area contributed by atoms with E-state index in [9.17, 15) is 4.79 Å². The highest BCUT2D eigenvalue weighted by molar-refractivity contribution is 5.85. The molecule has 1 aliphatic heterocycles. The molecule has 0 spiro atoms. The fourth-order valence-corrected chi connectivity index (χ4v) is 2.74. The Morgan fingerprint density at radius 3 is 2.63 bits per heavy atom. The van der Waals surface area contributed by atoms with Crippen molar-refractivity contribution in [3.63, 3.8) is 0 Å². The summed E-state index contributed by atoms with van der Waals surface area (Å²) in [5.74, 6) is 0.661. The third kappa shape index (κ3) is 3.95. The molecular weight excluding hydrogens is 260 g/mol. The largest absolute Gasteiger partial charge is 0.339 e. The number of carbonyl (C=O) groups excluding carboxylic acids is 1. The van der Waals surface area contributed by atoms with Crippen LogP contribution >= 0.6 is 12.4 Å². The van der Waals surface area contributed by atoms with Crippen molar-refractivity contribution in [3.8, 4) is 0 Å². The van der Waals surface area contributed by atoms with Crippen LogP contribution in [0.5, 0.6) is 0 Å². The quantitative estimate of drug-likeness (QED) is 0.926. The van der Waals surface area contributed by atoms with E-state index in [0.29, 0.717) is 18.4 Å². The number of nitrogens with two attached hydrogens (primary N) is 1. The number of hydrogen-bond acceptors (Lipinski definition) is 2. The Hall–Kier alpha value is -1.06. The molecule has 4 heteroatoms. The molecule has 0 radical (unpaired) electrons. The summed E-state index contributed by atoms with van der Waals surface area (Å²) in [4.78, 5) is 14.1. The van der Waals surface area contributed by atoms with E-state index in [1.54, 1.807) is 0 Å². The number of benzene rings is 1. The van der Waals surface area contributed by atoms with E-state index in [1.165, 1.54) is 5.56 Å². The number of halogens is 1. The third-order valence-electron chi connectivity index (χ3n) is 3.66. The Bertz CT molecular complexity index is 408. The van der Waals surface area contributed by atoms with E-state index < -0.39 is 0 Å². The molecule has 1 heterocycles. The summed E-state index contributed by atoms with van der Waals surface area (Å²) in [5.41, 5.74) is 7.04. The van der Waals surface area contributed by atoms with Gasteiger partial charge in [-0.3, -0.25) is 4.79 Å². The van der Waals surface area contributed by atoms with Crippen LogP contribution in [0.2, 0.25) is 0 Å². The maximum absolute atomic E-state index is 12.1. The first-order valence-electron chi connectivity index (χ1n) is 6.68. The van der Waals surface area contributed by atoms with Gasteiger partial charge in [-0.2, -0.15) is 0 Å². The van der Waals surface area contributed by atoms with Gasteiger partial charge in [-0.15, -0.1) is 12.4 Å². The van der Waals surface area contributed by atoms with Gasteiger partial charge >= 0.3 is 0 Å². The van der Waals surface area contributed by atoms with Crippen molar-refractivity contribution in [1.29, 1.82) is 0 Å². The highest BCUT2D eigenvalue weighted by atomic mass is 35.5. The molecule has 1 aromatic carbocycles. The van der Waals surface area contributed by atoms with Crippen LogP contribution in [0.15, 0.2) is 30.3 Å². The van der Waals surface area contributed by atoms with Gasteiger partial charge in [-0.1, -0.05) is 30.3 Å². The third-order valence-corrected chi connectivity index (χ3v) is 3.66. The standard InChI is InChI=1S/C15H22N2O.ClH/c1-11(16)8-15(18)17-10-14(9-12(17)2)13-6-4-3-5-7-13;/h3-7,11-12,14H,8-10,16H2,1-2H3;1H. The molecule has 1 amide bonds. The summed E-state index contributed by atoms with van der Waals surface area (Å²) in [6.07, 6.45) is 1.50. The first kappa shape index (κ1) is 16.0. The van der Waals surface area contributed by atoms with Crippen LogP contribution in [0, 0.1) is 0 Å². The summed E-state index contributed by atoms with van der Waals surface area (Å²) in [7, 11) is 0. The van der Waals surface area contributed by atoms with Crippen LogP contribution in [0.25, 0.3) is 0 Å². The summed E-state index contributed by atoms with van der Waals surface area (Å²) in [6.45, 7) is 4.84. The monoisotopic (exact) mass is 282 g/mol. The van der Waals surface area contributed by atoms with Crippen LogP contribution in [-0.2, 0) is 4.79 Å². The zero-order chi connectivity index (χ0) is 13.1. The predicted molar refractivity (Wildman–Crippen MR) is 80.5 cm³/mol. The lowest BCUT2D eigenvalue weighted by atomic mass is 9.97. The summed E-state index contributed by atoms with van der Waals surface area (Å²) >= 11 is 0. The van der Waals surface area contributed by atoms with Crippen LogP contribution in [0.4, 0.5) is 0 Å². The van der Waals surface area contributed by atoms with E-state index in [-0.39, 0.29) is 24.4 Å². The molecule has 1 aromatic rings. The maximum atomic E-state index is 12.1. The molecule has 2 N–H and O–H groups in total. The number of amides is 1. The van der Waals surface area contributed by atoms with Crippen molar-refractivity contribution >= 4 is 18.3 Å². The molecule has 1 fully saturated rings. The number of likely N-dealkylation sites (tertiary alicyclic amines) is 1. The van der Waals surface area contributed by atoms with Gasteiger partial charge in [0, 0.05) is 31.0 Å². The molecule has 0 bridgehead atoms. The average molecular weight is 283 g/mol. The van der Waals surface area contributed by atoms with Crippen LogP contribution in [0.3, 0.4) is 0 Å². The van der Waals surface area contributed by atoms with Crippen molar-refractivity contribution < 1.29 is 4.79 Å². The maximum Gasteiger partial charge on any atom is 0.224 e. The van der Waals surface area contributed by atoms with Crippen LogP contribution in [0.1, 0.15) is 38.2 Å². The van der Waals surface area contributed by atoms with Gasteiger partial charge in [0.1, 0.15) is 0 Å². The zero-order valence-electron chi connectivity index (χ0n) is 11.6. The van der Waals surface area contributed by atoms with Gasteiger partial charge < -0.3 is 10.6 Å². The van der Waals surface area contributed by atoms with E-state index >= 15 is 0 Å². The Morgan fingerprint density at radius 2 is 2.05 bits per heavy atom. The highest BCUT2D eigenvalue weighted by Crippen LogP contribution is 2.31. The minimum atomic E-state index is -0.0551. The molecule has 3 unspecified atom stereocenters. The second-order valence-corrected chi connectivity index (χ2v) is 5.42. The lowest BCUT2D eigenvalue weighted by molar-refractivity contribution is -0.132.